The molecule has 1 saturated heterocycles. The molecule has 8 nitrogen and oxygen atoms in total. The van der Waals surface area contributed by atoms with E-state index < -0.39 is 4.92 Å². The summed E-state index contributed by atoms with van der Waals surface area (Å²) in [6, 6.07) is 20.9. The van der Waals surface area contributed by atoms with Crippen LogP contribution in [-0.4, -0.2) is 51.7 Å². The normalized spacial score (nSPS) is 13.6. The Morgan fingerprint density at radius 1 is 0.816 bits per heavy atom. The van der Waals surface area contributed by atoms with Crippen LogP contribution in [0.2, 0.25) is 0 Å². The van der Waals surface area contributed by atoms with Crippen molar-refractivity contribution in [3.63, 3.8) is 0 Å². The fourth-order valence-electron chi connectivity index (χ4n) is 4.92. The maximum atomic E-state index is 13.9. The number of aryl methyl sites for hydroxylation is 4. The van der Waals surface area contributed by atoms with E-state index in [1.807, 2.05) is 36.1 Å². The molecule has 0 bridgehead atoms. The van der Waals surface area contributed by atoms with Crippen LogP contribution in [0.25, 0.3) is 16.9 Å². The molecule has 194 valence electrons. The van der Waals surface area contributed by atoms with E-state index in [1.54, 1.807) is 16.8 Å². The van der Waals surface area contributed by atoms with E-state index in [9.17, 15) is 14.9 Å². The number of nitrogens with zero attached hydrogens (tertiary/aromatic N) is 5. The zero-order valence-corrected chi connectivity index (χ0v) is 22.1. The summed E-state index contributed by atoms with van der Waals surface area (Å²) in [6.45, 7) is 10.6. The predicted molar refractivity (Wildman–Crippen MR) is 149 cm³/mol. The molecule has 0 saturated carbocycles. The summed E-state index contributed by atoms with van der Waals surface area (Å²) < 4.78 is 1.78. The van der Waals surface area contributed by atoms with Crippen molar-refractivity contribution in [2.75, 3.05) is 31.1 Å². The van der Waals surface area contributed by atoms with E-state index in [4.69, 9.17) is 5.10 Å². The number of hydrogen-bond donors (Lipinski definition) is 0. The van der Waals surface area contributed by atoms with Crippen molar-refractivity contribution < 1.29 is 9.72 Å². The van der Waals surface area contributed by atoms with Crippen LogP contribution >= 0.6 is 0 Å². The second-order valence-corrected chi connectivity index (χ2v) is 9.97. The maximum Gasteiger partial charge on any atom is 0.272 e. The van der Waals surface area contributed by atoms with Crippen LogP contribution in [0.5, 0.6) is 0 Å². The summed E-state index contributed by atoms with van der Waals surface area (Å²) >= 11 is 0. The molecule has 1 aliphatic heterocycles. The average Bonchev–Trinajstić information content (AvgIpc) is 3.35. The number of piperazine rings is 1. The summed E-state index contributed by atoms with van der Waals surface area (Å²) in [5, 5.41) is 15.9. The zero-order chi connectivity index (χ0) is 27.0. The van der Waals surface area contributed by atoms with Gasteiger partial charge in [-0.2, -0.15) is 5.10 Å². The number of carbonyl (C=O) groups excluding carboxylic acids is 1. The third-order valence-electron chi connectivity index (χ3n) is 7.30. The number of nitro benzene ring substituents is 1. The first-order valence-corrected chi connectivity index (χ1v) is 12.8. The average molecular weight is 510 g/mol. The zero-order valence-electron chi connectivity index (χ0n) is 22.1. The molecule has 0 unspecified atom stereocenters. The number of hydrogen-bond acceptors (Lipinski definition) is 5. The molecule has 0 radical (unpaired) electrons. The second kappa shape index (κ2) is 10.1. The van der Waals surface area contributed by atoms with Crippen molar-refractivity contribution in [3.05, 3.63) is 105 Å². The lowest BCUT2D eigenvalue weighted by atomic mass is 10.0. The van der Waals surface area contributed by atoms with E-state index >= 15 is 0 Å². The number of aromatic nitrogens is 2. The number of amides is 1. The number of nitro groups is 1. The Morgan fingerprint density at radius 3 is 2.16 bits per heavy atom. The molecule has 38 heavy (non-hydrogen) atoms. The van der Waals surface area contributed by atoms with Gasteiger partial charge in [0.2, 0.25) is 0 Å². The van der Waals surface area contributed by atoms with Gasteiger partial charge in [0.05, 0.1) is 16.3 Å². The van der Waals surface area contributed by atoms with Gasteiger partial charge in [0.1, 0.15) is 5.69 Å². The molecule has 4 aromatic rings. The number of non-ortho nitro benzene ring substituents is 1. The lowest BCUT2D eigenvalue weighted by Gasteiger charge is -2.36. The first-order valence-electron chi connectivity index (χ1n) is 12.8. The number of benzene rings is 3. The van der Waals surface area contributed by atoms with Crippen LogP contribution in [0.1, 0.15) is 32.7 Å². The summed E-state index contributed by atoms with van der Waals surface area (Å²) in [4.78, 5) is 28.5. The molecule has 5 rings (SSSR count). The van der Waals surface area contributed by atoms with Crippen LogP contribution in [0.15, 0.2) is 66.7 Å². The smallest absolute Gasteiger partial charge is 0.272 e. The Kier molecular flexibility index (Phi) is 6.72. The van der Waals surface area contributed by atoms with Gasteiger partial charge in [-0.1, -0.05) is 29.8 Å². The third-order valence-corrected chi connectivity index (χ3v) is 7.30. The molecule has 1 fully saturated rings. The first-order chi connectivity index (χ1) is 18.2. The molecule has 8 heteroatoms. The highest BCUT2D eigenvalue weighted by atomic mass is 16.6. The highest BCUT2D eigenvalue weighted by Crippen LogP contribution is 2.27. The largest absolute Gasteiger partial charge is 0.368 e. The highest BCUT2D eigenvalue weighted by molar-refractivity contribution is 5.94. The van der Waals surface area contributed by atoms with Crippen molar-refractivity contribution in [1.29, 1.82) is 0 Å². The topological polar surface area (TPSA) is 84.5 Å². The van der Waals surface area contributed by atoms with Crippen LogP contribution in [0.3, 0.4) is 0 Å². The van der Waals surface area contributed by atoms with E-state index in [0.29, 0.717) is 31.9 Å². The Bertz CT molecular complexity index is 1520. The van der Waals surface area contributed by atoms with Crippen molar-refractivity contribution in [1.82, 2.24) is 14.7 Å². The van der Waals surface area contributed by atoms with E-state index in [0.717, 1.165) is 33.8 Å². The van der Waals surface area contributed by atoms with Crippen molar-refractivity contribution in [2.24, 2.45) is 0 Å². The van der Waals surface area contributed by atoms with Gasteiger partial charge in [-0.25, -0.2) is 4.68 Å². The minimum atomic E-state index is -0.397. The fourth-order valence-corrected chi connectivity index (χ4v) is 4.92. The van der Waals surface area contributed by atoms with Gasteiger partial charge in [0, 0.05) is 49.6 Å². The summed E-state index contributed by atoms with van der Waals surface area (Å²) in [5.74, 6) is -0.0593. The van der Waals surface area contributed by atoms with E-state index in [2.05, 4.69) is 43.9 Å². The van der Waals surface area contributed by atoms with Gasteiger partial charge >= 0.3 is 0 Å². The van der Waals surface area contributed by atoms with Gasteiger partial charge in [0.25, 0.3) is 11.6 Å². The Labute approximate surface area is 222 Å². The van der Waals surface area contributed by atoms with E-state index in [1.165, 1.54) is 23.3 Å². The monoisotopic (exact) mass is 509 g/mol. The minimum Gasteiger partial charge on any atom is -0.368 e. The standard InChI is InChI=1S/C30H31N5O3/c1-20-5-12-28(23(4)17-20)34-29(19-27(31-34)24-7-6-21(2)22(3)18-24)30(36)33-15-13-32(14-16-33)25-8-10-26(11-9-25)35(37)38/h5-12,17-19H,13-16H2,1-4H3. The van der Waals surface area contributed by atoms with Crippen molar-refractivity contribution >= 4 is 17.3 Å². The molecule has 0 spiro atoms. The lowest BCUT2D eigenvalue weighted by molar-refractivity contribution is -0.384. The maximum absolute atomic E-state index is 13.9. The summed E-state index contributed by atoms with van der Waals surface area (Å²) in [6.07, 6.45) is 0. The van der Waals surface area contributed by atoms with Crippen LogP contribution < -0.4 is 4.90 Å². The molecule has 1 aromatic heterocycles. The highest BCUT2D eigenvalue weighted by Gasteiger charge is 2.27. The third kappa shape index (κ3) is 4.89. The molecular formula is C30H31N5O3. The van der Waals surface area contributed by atoms with E-state index in [-0.39, 0.29) is 11.6 Å². The molecule has 1 amide bonds. The molecule has 0 aliphatic carbocycles. The van der Waals surface area contributed by atoms with Gasteiger partial charge in [0.15, 0.2) is 0 Å². The number of anilines is 1. The fraction of sp³-hybridized carbons (Fsp3) is 0.267. The van der Waals surface area contributed by atoms with Crippen molar-refractivity contribution in [3.8, 4) is 16.9 Å². The van der Waals surface area contributed by atoms with Gasteiger partial charge in [-0.3, -0.25) is 14.9 Å². The minimum absolute atomic E-state index is 0.0593. The quantitative estimate of drug-likeness (QED) is 0.257. The Hall–Kier alpha value is -4.46. The SMILES string of the molecule is Cc1ccc(-n2nc(-c3ccc(C)c(C)c3)cc2C(=O)N2CCN(c3ccc([N+](=O)[O-])cc3)CC2)c(C)c1. The second-order valence-electron chi connectivity index (χ2n) is 9.97. The van der Waals surface area contributed by atoms with Gasteiger partial charge in [-0.05, 0) is 74.7 Å². The molecule has 1 aliphatic rings. The molecule has 2 heterocycles. The molecule has 3 aromatic carbocycles. The van der Waals surface area contributed by atoms with Crippen LogP contribution in [-0.2, 0) is 0 Å². The van der Waals surface area contributed by atoms with Crippen molar-refractivity contribution in [2.45, 2.75) is 27.7 Å². The van der Waals surface area contributed by atoms with Crippen LogP contribution in [0.4, 0.5) is 11.4 Å². The number of rotatable bonds is 5. The molecule has 0 atom stereocenters. The summed E-state index contributed by atoms with van der Waals surface area (Å²) in [5.41, 5.74) is 8.76. The Balaban J connectivity index is 1.43. The van der Waals surface area contributed by atoms with Gasteiger partial charge in [-0.15, -0.1) is 0 Å². The first kappa shape index (κ1) is 25.2. The van der Waals surface area contributed by atoms with Crippen LogP contribution in [0, 0.1) is 37.8 Å². The Morgan fingerprint density at radius 2 is 1.53 bits per heavy atom. The summed E-state index contributed by atoms with van der Waals surface area (Å²) in [7, 11) is 0. The molecular weight excluding hydrogens is 478 g/mol. The lowest BCUT2D eigenvalue weighted by Crippen LogP contribution is -2.49. The predicted octanol–water partition coefficient (Wildman–Crippen LogP) is 5.64. The molecule has 0 N–H and O–H groups in total. The number of carbonyl (C=O) groups is 1. The van der Waals surface area contributed by atoms with Gasteiger partial charge < -0.3 is 9.80 Å².